The summed E-state index contributed by atoms with van der Waals surface area (Å²) in [5.74, 6) is -0.250. The number of amides is 1. The van der Waals surface area contributed by atoms with E-state index < -0.39 is 9.84 Å². The van der Waals surface area contributed by atoms with E-state index in [1.54, 1.807) is 29.2 Å². The first-order valence-corrected chi connectivity index (χ1v) is 11.1. The van der Waals surface area contributed by atoms with Gasteiger partial charge in [-0.05, 0) is 42.3 Å². The number of carbonyl (C=O) groups is 1. The summed E-state index contributed by atoms with van der Waals surface area (Å²) < 4.78 is 23.2. The number of nitrogens with zero attached hydrogens (tertiary/aromatic N) is 1. The molecule has 3 rings (SSSR count). The molecule has 0 aliphatic carbocycles. The maximum atomic E-state index is 13.3. The van der Waals surface area contributed by atoms with Crippen molar-refractivity contribution in [3.8, 4) is 0 Å². The van der Waals surface area contributed by atoms with E-state index in [-0.39, 0.29) is 11.7 Å². The number of rotatable bonds is 6. The van der Waals surface area contributed by atoms with Gasteiger partial charge in [0.05, 0.1) is 12.3 Å². The van der Waals surface area contributed by atoms with Crippen LogP contribution in [0.5, 0.6) is 0 Å². The third-order valence-corrected chi connectivity index (χ3v) is 5.23. The summed E-state index contributed by atoms with van der Waals surface area (Å²) in [6.07, 6.45) is 1.19. The lowest BCUT2D eigenvalue weighted by Crippen LogP contribution is -2.30. The highest BCUT2D eigenvalue weighted by molar-refractivity contribution is 7.89. The third kappa shape index (κ3) is 5.30. The van der Waals surface area contributed by atoms with E-state index in [4.69, 9.17) is 0 Å². The van der Waals surface area contributed by atoms with Gasteiger partial charge in [-0.15, -0.1) is 0 Å². The molecule has 3 aromatic rings. The van der Waals surface area contributed by atoms with Crippen LogP contribution in [0.4, 0.5) is 5.69 Å². The number of carbonyl (C=O) groups excluding carboxylic acids is 1. The highest BCUT2D eigenvalue weighted by Gasteiger charge is 2.19. The van der Waals surface area contributed by atoms with Gasteiger partial charge in [0.25, 0.3) is 5.91 Å². The van der Waals surface area contributed by atoms with Crippen LogP contribution in [0.3, 0.4) is 0 Å². The number of sulfone groups is 1. The Morgan fingerprint density at radius 2 is 1.50 bits per heavy atom. The van der Waals surface area contributed by atoms with Crippen LogP contribution in [0.1, 0.15) is 27.0 Å². The first kappa shape index (κ1) is 19.8. The van der Waals surface area contributed by atoms with E-state index in [0.29, 0.717) is 17.7 Å². The van der Waals surface area contributed by atoms with E-state index >= 15 is 0 Å². The summed E-state index contributed by atoms with van der Waals surface area (Å²) in [6, 6.07) is 24.4. The maximum Gasteiger partial charge on any atom is 0.258 e. The number of aryl methyl sites for hydroxylation is 1. The molecule has 0 aromatic heterocycles. The van der Waals surface area contributed by atoms with Crippen LogP contribution in [0.15, 0.2) is 78.9 Å². The zero-order valence-electron chi connectivity index (χ0n) is 16.0. The van der Waals surface area contributed by atoms with Crippen LogP contribution in [-0.2, 0) is 22.1 Å². The summed E-state index contributed by atoms with van der Waals surface area (Å²) >= 11 is 0. The first-order chi connectivity index (χ1) is 13.3. The van der Waals surface area contributed by atoms with Crippen molar-refractivity contribution >= 4 is 21.4 Å². The third-order valence-electron chi connectivity index (χ3n) is 4.38. The van der Waals surface area contributed by atoms with Gasteiger partial charge in [0.1, 0.15) is 0 Å². The van der Waals surface area contributed by atoms with Gasteiger partial charge in [-0.25, -0.2) is 8.42 Å². The fourth-order valence-corrected chi connectivity index (χ4v) is 3.81. The van der Waals surface area contributed by atoms with Crippen molar-refractivity contribution < 1.29 is 13.2 Å². The molecule has 0 aliphatic rings. The summed E-state index contributed by atoms with van der Waals surface area (Å²) in [5, 5.41) is 0. The largest absolute Gasteiger partial charge is 0.304 e. The Labute approximate surface area is 166 Å². The summed E-state index contributed by atoms with van der Waals surface area (Å²) in [6.45, 7) is 2.43. The SMILES string of the molecule is Cc1ccc(N(Cc2ccccc2)C(=O)c2cccc(CS(C)(=O)=O)c2)cc1. The lowest BCUT2D eigenvalue weighted by Gasteiger charge is -2.23. The molecule has 1 amide bonds. The molecule has 0 atom stereocenters. The van der Waals surface area contributed by atoms with Crippen LogP contribution in [-0.4, -0.2) is 20.6 Å². The van der Waals surface area contributed by atoms with Gasteiger partial charge in [-0.3, -0.25) is 4.79 Å². The smallest absolute Gasteiger partial charge is 0.258 e. The Balaban J connectivity index is 1.96. The molecule has 0 unspecified atom stereocenters. The second kappa shape index (κ2) is 8.40. The van der Waals surface area contributed by atoms with Crippen LogP contribution >= 0.6 is 0 Å². The van der Waals surface area contributed by atoms with E-state index in [9.17, 15) is 13.2 Å². The van der Waals surface area contributed by atoms with Crippen LogP contribution in [0.25, 0.3) is 0 Å². The van der Waals surface area contributed by atoms with Crippen molar-refractivity contribution in [1.29, 1.82) is 0 Å². The van der Waals surface area contributed by atoms with Crippen LogP contribution in [0, 0.1) is 6.92 Å². The molecule has 0 spiro atoms. The van der Waals surface area contributed by atoms with Gasteiger partial charge in [0.15, 0.2) is 9.84 Å². The van der Waals surface area contributed by atoms with E-state index in [0.717, 1.165) is 16.8 Å². The van der Waals surface area contributed by atoms with Gasteiger partial charge in [-0.1, -0.05) is 60.2 Å². The zero-order chi connectivity index (χ0) is 20.1. The van der Waals surface area contributed by atoms with Crippen molar-refractivity contribution in [1.82, 2.24) is 0 Å². The standard InChI is InChI=1S/C23H23NO3S/c1-18-11-13-22(14-12-18)24(16-19-7-4-3-5-8-19)23(25)21-10-6-9-20(15-21)17-28(2,26)27/h3-15H,16-17H2,1-2H3. The molecule has 0 heterocycles. The lowest BCUT2D eigenvalue weighted by molar-refractivity contribution is 0.0985. The van der Waals surface area contributed by atoms with Crippen LogP contribution < -0.4 is 4.90 Å². The minimum Gasteiger partial charge on any atom is -0.304 e. The highest BCUT2D eigenvalue weighted by atomic mass is 32.2. The monoisotopic (exact) mass is 393 g/mol. The average molecular weight is 394 g/mol. The fraction of sp³-hybridized carbons (Fsp3) is 0.174. The average Bonchev–Trinajstić information content (AvgIpc) is 2.66. The lowest BCUT2D eigenvalue weighted by atomic mass is 10.1. The van der Waals surface area contributed by atoms with E-state index in [1.807, 2.05) is 61.5 Å². The number of anilines is 1. The molecule has 0 fully saturated rings. The Bertz CT molecular complexity index is 1060. The van der Waals surface area contributed by atoms with Gasteiger partial charge < -0.3 is 4.90 Å². The van der Waals surface area contributed by atoms with Crippen molar-refractivity contribution in [3.05, 3.63) is 101 Å². The predicted octanol–water partition coefficient (Wildman–Crippen LogP) is 4.39. The summed E-state index contributed by atoms with van der Waals surface area (Å²) in [4.78, 5) is 15.0. The molecule has 144 valence electrons. The number of hydrogen-bond donors (Lipinski definition) is 0. The molecule has 28 heavy (non-hydrogen) atoms. The predicted molar refractivity (Wildman–Crippen MR) is 113 cm³/mol. The molecular formula is C23H23NO3S. The topological polar surface area (TPSA) is 54.5 Å². The van der Waals surface area contributed by atoms with Crippen molar-refractivity contribution in [2.24, 2.45) is 0 Å². The van der Waals surface area contributed by atoms with Gasteiger partial charge in [0.2, 0.25) is 0 Å². The summed E-state index contributed by atoms with van der Waals surface area (Å²) in [7, 11) is -3.17. The van der Waals surface area contributed by atoms with Crippen molar-refractivity contribution in [3.63, 3.8) is 0 Å². The normalized spacial score (nSPS) is 11.2. The molecular weight excluding hydrogens is 370 g/mol. The number of benzene rings is 3. The summed E-state index contributed by atoms with van der Waals surface area (Å²) in [5.41, 5.74) is 4.01. The molecule has 0 aliphatic heterocycles. The second-order valence-corrected chi connectivity index (χ2v) is 9.12. The minimum atomic E-state index is -3.17. The zero-order valence-corrected chi connectivity index (χ0v) is 16.8. The molecule has 0 bridgehead atoms. The Kier molecular flexibility index (Phi) is 5.95. The maximum absolute atomic E-state index is 13.3. The molecule has 4 nitrogen and oxygen atoms in total. The van der Waals surface area contributed by atoms with Gasteiger partial charge in [-0.2, -0.15) is 0 Å². The van der Waals surface area contributed by atoms with Crippen molar-refractivity contribution in [2.75, 3.05) is 11.2 Å². The van der Waals surface area contributed by atoms with E-state index in [1.165, 1.54) is 6.26 Å². The quantitative estimate of drug-likeness (QED) is 0.624. The van der Waals surface area contributed by atoms with Crippen molar-refractivity contribution in [2.45, 2.75) is 19.2 Å². The molecule has 0 N–H and O–H groups in total. The number of hydrogen-bond acceptors (Lipinski definition) is 3. The molecule has 3 aromatic carbocycles. The molecule has 5 heteroatoms. The fourth-order valence-electron chi connectivity index (χ4n) is 3.02. The Morgan fingerprint density at radius 1 is 0.857 bits per heavy atom. The van der Waals surface area contributed by atoms with Gasteiger partial charge in [0, 0.05) is 17.5 Å². The first-order valence-electron chi connectivity index (χ1n) is 9.01. The van der Waals surface area contributed by atoms with Gasteiger partial charge >= 0.3 is 0 Å². The van der Waals surface area contributed by atoms with Crippen LogP contribution in [0.2, 0.25) is 0 Å². The Hall–Kier alpha value is -2.92. The van der Waals surface area contributed by atoms with E-state index in [2.05, 4.69) is 0 Å². The molecule has 0 saturated heterocycles. The Morgan fingerprint density at radius 3 is 2.14 bits per heavy atom. The highest BCUT2D eigenvalue weighted by Crippen LogP contribution is 2.22. The minimum absolute atomic E-state index is 0.0860. The second-order valence-electron chi connectivity index (χ2n) is 6.98. The molecule has 0 radical (unpaired) electrons. The molecule has 0 saturated carbocycles.